The van der Waals surface area contributed by atoms with Crippen molar-refractivity contribution in [1.82, 2.24) is 0 Å². The maximum atomic E-state index is 10.7. The number of nitro groups is 1. The van der Waals surface area contributed by atoms with Gasteiger partial charge in [0.15, 0.2) is 0 Å². The number of nitrogens with zero attached hydrogens (tertiary/aromatic N) is 1. The molecule has 0 aliphatic heterocycles. The zero-order valence-electron chi connectivity index (χ0n) is 7.72. The van der Waals surface area contributed by atoms with Crippen LogP contribution in [0.25, 0.3) is 0 Å². The Bertz CT molecular complexity index is 350. The molecule has 0 radical (unpaired) electrons. The molecule has 0 spiro atoms. The lowest BCUT2D eigenvalue weighted by Crippen LogP contribution is -2.11. The normalized spacial score (nSPS) is 12.1. The highest BCUT2D eigenvalue weighted by Gasteiger charge is 2.16. The summed E-state index contributed by atoms with van der Waals surface area (Å²) in [5, 5.41) is 10.7. The Morgan fingerprint density at radius 3 is 2.79 bits per heavy atom. The first kappa shape index (κ1) is 10.4. The van der Waals surface area contributed by atoms with Crippen molar-refractivity contribution in [3.63, 3.8) is 0 Å². The monoisotopic (exact) mass is 192 g/mol. The van der Waals surface area contributed by atoms with Crippen molar-refractivity contribution >= 4 is 5.69 Å². The van der Waals surface area contributed by atoms with Gasteiger partial charge in [-0.2, -0.15) is 0 Å². The number of benzene rings is 1. The molecule has 1 aromatic carbocycles. The predicted octanol–water partition coefficient (Wildman–Crippen LogP) is 2.17. The fraction of sp³-hybridized carbons (Fsp3) is 0.200. The molecular formula is C10H12N2O2. The lowest BCUT2D eigenvalue weighted by molar-refractivity contribution is -0.385. The smallest absolute Gasteiger partial charge is 0.274 e. The van der Waals surface area contributed by atoms with Crippen LogP contribution in [0.5, 0.6) is 0 Å². The molecule has 0 saturated heterocycles. The van der Waals surface area contributed by atoms with Crippen molar-refractivity contribution in [2.75, 3.05) is 0 Å². The molecular weight excluding hydrogens is 180 g/mol. The average molecular weight is 192 g/mol. The van der Waals surface area contributed by atoms with Crippen LogP contribution >= 0.6 is 0 Å². The number of nitrogens with two attached hydrogens (primary N) is 1. The van der Waals surface area contributed by atoms with Gasteiger partial charge in [0.2, 0.25) is 0 Å². The van der Waals surface area contributed by atoms with Crippen LogP contribution in [0.3, 0.4) is 0 Å². The quantitative estimate of drug-likeness (QED) is 0.451. The second-order valence-electron chi connectivity index (χ2n) is 2.95. The van der Waals surface area contributed by atoms with E-state index in [0.29, 0.717) is 12.0 Å². The number of hydrogen-bond donors (Lipinski definition) is 1. The molecule has 4 nitrogen and oxygen atoms in total. The van der Waals surface area contributed by atoms with E-state index in [9.17, 15) is 10.1 Å². The Hall–Kier alpha value is -1.68. The molecule has 0 heterocycles. The van der Waals surface area contributed by atoms with Gasteiger partial charge in [0, 0.05) is 17.7 Å². The summed E-state index contributed by atoms with van der Waals surface area (Å²) in [5.74, 6) is 0. The molecule has 14 heavy (non-hydrogen) atoms. The highest BCUT2D eigenvalue weighted by atomic mass is 16.6. The van der Waals surface area contributed by atoms with Gasteiger partial charge in [-0.3, -0.25) is 10.1 Å². The fourth-order valence-electron chi connectivity index (χ4n) is 1.27. The highest BCUT2D eigenvalue weighted by Crippen LogP contribution is 2.24. The molecule has 74 valence electrons. The average Bonchev–Trinajstić information content (AvgIpc) is 2.18. The molecule has 0 amide bonds. The third-order valence-corrected chi connectivity index (χ3v) is 1.95. The lowest BCUT2D eigenvalue weighted by atomic mass is 10.0. The van der Waals surface area contributed by atoms with Gasteiger partial charge in [0.1, 0.15) is 0 Å². The van der Waals surface area contributed by atoms with Crippen LogP contribution in [0.15, 0.2) is 36.9 Å². The Labute approximate surface area is 82.2 Å². The zero-order valence-corrected chi connectivity index (χ0v) is 7.72. The van der Waals surface area contributed by atoms with Crippen molar-refractivity contribution < 1.29 is 4.92 Å². The topological polar surface area (TPSA) is 69.2 Å². The molecule has 2 N–H and O–H groups in total. The van der Waals surface area contributed by atoms with Gasteiger partial charge in [-0.25, -0.2) is 0 Å². The van der Waals surface area contributed by atoms with E-state index < -0.39 is 4.92 Å². The van der Waals surface area contributed by atoms with E-state index in [1.165, 1.54) is 6.07 Å². The van der Waals surface area contributed by atoms with Gasteiger partial charge < -0.3 is 5.73 Å². The predicted molar refractivity (Wildman–Crippen MR) is 54.8 cm³/mol. The lowest BCUT2D eigenvalue weighted by Gasteiger charge is -2.09. The maximum Gasteiger partial charge on any atom is 0.274 e. The number of hydrogen-bond acceptors (Lipinski definition) is 3. The molecule has 0 aliphatic rings. The summed E-state index contributed by atoms with van der Waals surface area (Å²) < 4.78 is 0. The van der Waals surface area contributed by atoms with Gasteiger partial charge in [0.05, 0.1) is 4.92 Å². The second-order valence-corrected chi connectivity index (χ2v) is 2.95. The van der Waals surface area contributed by atoms with Crippen molar-refractivity contribution in [3.05, 3.63) is 52.6 Å². The van der Waals surface area contributed by atoms with Crippen molar-refractivity contribution in [1.29, 1.82) is 0 Å². The summed E-state index contributed by atoms with van der Waals surface area (Å²) in [7, 11) is 0. The zero-order chi connectivity index (χ0) is 10.6. The largest absolute Gasteiger partial charge is 0.323 e. The molecule has 1 aromatic rings. The molecule has 1 atom stereocenters. The first-order valence-electron chi connectivity index (χ1n) is 4.26. The number of para-hydroxylation sites is 1. The van der Waals surface area contributed by atoms with Gasteiger partial charge in [0.25, 0.3) is 5.69 Å². The summed E-state index contributed by atoms with van der Waals surface area (Å²) in [5.41, 5.74) is 6.39. The van der Waals surface area contributed by atoms with E-state index in [0.717, 1.165) is 0 Å². The molecule has 4 heteroatoms. The number of rotatable bonds is 4. The van der Waals surface area contributed by atoms with E-state index in [2.05, 4.69) is 6.58 Å². The Balaban J connectivity index is 3.06. The minimum atomic E-state index is -0.418. The Morgan fingerprint density at radius 1 is 1.57 bits per heavy atom. The van der Waals surface area contributed by atoms with E-state index in [1.54, 1.807) is 24.3 Å². The van der Waals surface area contributed by atoms with E-state index in [4.69, 9.17) is 5.73 Å². The van der Waals surface area contributed by atoms with Crippen molar-refractivity contribution in [2.45, 2.75) is 12.5 Å². The van der Waals surface area contributed by atoms with Crippen LogP contribution in [0, 0.1) is 10.1 Å². The molecule has 1 rings (SSSR count). The SMILES string of the molecule is C=CC[C@H](N)c1ccccc1[N+](=O)[O-]. The van der Waals surface area contributed by atoms with Crippen LogP contribution in [-0.4, -0.2) is 4.92 Å². The first-order chi connectivity index (χ1) is 6.66. The third-order valence-electron chi connectivity index (χ3n) is 1.95. The minimum absolute atomic E-state index is 0.0712. The molecule has 0 aliphatic carbocycles. The van der Waals surface area contributed by atoms with E-state index in [-0.39, 0.29) is 11.7 Å². The number of nitro benzene ring substituents is 1. The van der Waals surface area contributed by atoms with Gasteiger partial charge >= 0.3 is 0 Å². The van der Waals surface area contributed by atoms with Crippen LogP contribution in [0.4, 0.5) is 5.69 Å². The molecule has 0 unspecified atom stereocenters. The highest BCUT2D eigenvalue weighted by molar-refractivity contribution is 5.41. The summed E-state index contributed by atoms with van der Waals surface area (Å²) in [6.07, 6.45) is 2.19. The third kappa shape index (κ3) is 2.17. The van der Waals surface area contributed by atoms with Crippen LogP contribution in [0.2, 0.25) is 0 Å². The van der Waals surface area contributed by atoms with Gasteiger partial charge in [-0.1, -0.05) is 24.3 Å². The minimum Gasteiger partial charge on any atom is -0.323 e. The van der Waals surface area contributed by atoms with Crippen LogP contribution in [-0.2, 0) is 0 Å². The van der Waals surface area contributed by atoms with Gasteiger partial charge in [-0.15, -0.1) is 6.58 Å². The summed E-state index contributed by atoms with van der Waals surface area (Å²) in [4.78, 5) is 10.2. The Morgan fingerprint density at radius 2 is 2.21 bits per heavy atom. The molecule has 0 saturated carbocycles. The fourth-order valence-corrected chi connectivity index (χ4v) is 1.27. The summed E-state index contributed by atoms with van der Waals surface area (Å²) in [6, 6.07) is 6.15. The van der Waals surface area contributed by atoms with Crippen molar-refractivity contribution in [2.24, 2.45) is 5.73 Å². The van der Waals surface area contributed by atoms with E-state index >= 15 is 0 Å². The van der Waals surface area contributed by atoms with Crippen LogP contribution in [0.1, 0.15) is 18.0 Å². The second kappa shape index (κ2) is 4.53. The van der Waals surface area contributed by atoms with E-state index in [1.807, 2.05) is 0 Å². The first-order valence-corrected chi connectivity index (χ1v) is 4.26. The molecule has 0 bridgehead atoms. The van der Waals surface area contributed by atoms with Gasteiger partial charge in [-0.05, 0) is 6.42 Å². The Kier molecular flexibility index (Phi) is 3.36. The van der Waals surface area contributed by atoms with Crippen LogP contribution < -0.4 is 5.73 Å². The van der Waals surface area contributed by atoms with Crippen molar-refractivity contribution in [3.8, 4) is 0 Å². The molecule has 0 aromatic heterocycles. The summed E-state index contributed by atoms with van der Waals surface area (Å²) in [6.45, 7) is 3.55. The standard InChI is InChI=1S/C10H12N2O2/c1-2-5-9(11)8-6-3-4-7-10(8)12(13)14/h2-4,6-7,9H,1,5,11H2/t9-/m0/s1. The maximum absolute atomic E-state index is 10.7. The molecule has 0 fully saturated rings. The summed E-state index contributed by atoms with van der Waals surface area (Å²) >= 11 is 0.